The molecule has 0 fully saturated rings. The zero-order valence-electron chi connectivity index (χ0n) is 15.7. The van der Waals surface area contributed by atoms with Crippen LogP contribution in [0, 0.1) is 0 Å². The predicted molar refractivity (Wildman–Crippen MR) is 97.8 cm³/mol. The van der Waals surface area contributed by atoms with E-state index in [1.54, 1.807) is 0 Å². The molecular formula is C18H37NO2Si. The molecule has 1 aliphatic rings. The summed E-state index contributed by atoms with van der Waals surface area (Å²) >= 11 is 0. The lowest BCUT2D eigenvalue weighted by atomic mass is 10.1. The number of hydrogen-bond acceptors (Lipinski definition) is 3. The van der Waals surface area contributed by atoms with Gasteiger partial charge in [0.2, 0.25) is 8.32 Å². The molecule has 0 bridgehead atoms. The summed E-state index contributed by atoms with van der Waals surface area (Å²) in [7, 11) is 0.299. The quantitative estimate of drug-likeness (QED) is 0.586. The fourth-order valence-electron chi connectivity index (χ4n) is 4.12. The van der Waals surface area contributed by atoms with Gasteiger partial charge in [-0.05, 0) is 42.1 Å². The lowest BCUT2D eigenvalue weighted by Gasteiger charge is -2.44. The normalized spacial score (nSPS) is 24.5. The van der Waals surface area contributed by atoms with Gasteiger partial charge in [-0.3, -0.25) is 0 Å². The Morgan fingerprint density at radius 3 is 2.14 bits per heavy atom. The Morgan fingerprint density at radius 1 is 1.14 bits per heavy atom. The number of aliphatic hydroxyl groups is 1. The molecule has 1 unspecified atom stereocenters. The smallest absolute Gasteiger partial charge is 0.201 e. The summed E-state index contributed by atoms with van der Waals surface area (Å²) in [5.41, 5.74) is 2.93. The van der Waals surface area contributed by atoms with Crippen molar-refractivity contribution in [3.63, 3.8) is 0 Å². The van der Waals surface area contributed by atoms with Gasteiger partial charge in [0, 0.05) is 13.1 Å². The van der Waals surface area contributed by atoms with Crippen molar-refractivity contribution in [1.29, 1.82) is 0 Å². The molecule has 1 rings (SSSR count). The summed E-state index contributed by atoms with van der Waals surface area (Å²) in [6, 6.07) is 0. The minimum absolute atomic E-state index is 0.156. The Balaban J connectivity index is 3.05. The van der Waals surface area contributed by atoms with Crippen LogP contribution in [0.1, 0.15) is 54.4 Å². The second kappa shape index (κ2) is 8.62. The third kappa shape index (κ3) is 4.67. The highest BCUT2D eigenvalue weighted by molar-refractivity contribution is 6.77. The van der Waals surface area contributed by atoms with Crippen molar-refractivity contribution in [2.24, 2.45) is 0 Å². The van der Waals surface area contributed by atoms with E-state index < -0.39 is 8.32 Å². The molecule has 3 nitrogen and oxygen atoms in total. The number of hydrogen-bond donors (Lipinski definition) is 1. The van der Waals surface area contributed by atoms with Crippen LogP contribution in [0.15, 0.2) is 11.6 Å². The van der Waals surface area contributed by atoms with Crippen LogP contribution in [0.4, 0.5) is 0 Å². The summed E-state index contributed by atoms with van der Waals surface area (Å²) in [6.07, 6.45) is 4.36. The second-order valence-corrected chi connectivity index (χ2v) is 13.2. The molecular weight excluding hydrogens is 290 g/mol. The summed E-state index contributed by atoms with van der Waals surface area (Å²) in [5, 5.41) is 9.61. The fraction of sp³-hybridized carbons (Fsp3) is 0.889. The van der Waals surface area contributed by atoms with Crippen LogP contribution in [-0.4, -0.2) is 51.2 Å². The number of aliphatic hydroxyl groups excluding tert-OH is 1. The first kappa shape index (κ1) is 19.9. The van der Waals surface area contributed by atoms with Crippen molar-refractivity contribution in [3.05, 3.63) is 11.6 Å². The van der Waals surface area contributed by atoms with Gasteiger partial charge in [-0.2, -0.15) is 0 Å². The van der Waals surface area contributed by atoms with Crippen molar-refractivity contribution in [3.8, 4) is 0 Å². The molecule has 1 N–H and O–H groups in total. The Bertz CT molecular complexity index is 344. The van der Waals surface area contributed by atoms with Crippen molar-refractivity contribution in [2.75, 3.05) is 26.7 Å². The molecule has 1 atom stereocenters. The van der Waals surface area contributed by atoms with Crippen molar-refractivity contribution < 1.29 is 9.53 Å². The molecule has 0 aromatic carbocycles. The average Bonchev–Trinajstić information content (AvgIpc) is 2.41. The Morgan fingerprint density at radius 2 is 1.68 bits per heavy atom. The van der Waals surface area contributed by atoms with E-state index in [4.69, 9.17) is 4.43 Å². The van der Waals surface area contributed by atoms with Crippen LogP contribution in [0.2, 0.25) is 16.6 Å². The van der Waals surface area contributed by atoms with Crippen molar-refractivity contribution in [2.45, 2.75) is 77.1 Å². The van der Waals surface area contributed by atoms with Gasteiger partial charge >= 0.3 is 0 Å². The van der Waals surface area contributed by atoms with Crippen molar-refractivity contribution in [1.82, 2.24) is 4.90 Å². The minimum atomic E-state index is -1.86. The molecule has 0 aromatic rings. The first-order valence-corrected chi connectivity index (χ1v) is 11.0. The van der Waals surface area contributed by atoms with E-state index in [0.717, 1.165) is 31.5 Å². The third-order valence-electron chi connectivity index (χ3n) is 5.30. The van der Waals surface area contributed by atoms with Crippen LogP contribution in [0.5, 0.6) is 0 Å². The largest absolute Gasteiger partial charge is 0.410 e. The first-order chi connectivity index (χ1) is 10.2. The zero-order chi connectivity index (χ0) is 16.9. The Labute approximate surface area is 138 Å². The van der Waals surface area contributed by atoms with Gasteiger partial charge in [0.15, 0.2) is 0 Å². The highest BCUT2D eigenvalue weighted by Gasteiger charge is 2.46. The zero-order valence-corrected chi connectivity index (χ0v) is 16.7. The second-order valence-electron chi connectivity index (χ2n) is 7.80. The van der Waals surface area contributed by atoms with E-state index in [9.17, 15) is 5.11 Å². The maximum Gasteiger partial charge on any atom is 0.201 e. The molecule has 0 spiro atoms. The van der Waals surface area contributed by atoms with Crippen LogP contribution < -0.4 is 0 Å². The van der Waals surface area contributed by atoms with E-state index >= 15 is 0 Å². The molecule has 22 heavy (non-hydrogen) atoms. The van der Waals surface area contributed by atoms with Crippen LogP contribution in [0.25, 0.3) is 0 Å². The summed E-state index contributed by atoms with van der Waals surface area (Å²) in [4.78, 5) is 2.35. The summed E-state index contributed by atoms with van der Waals surface area (Å²) in [6.45, 7) is 16.2. The van der Waals surface area contributed by atoms with Crippen LogP contribution >= 0.6 is 0 Å². The maximum atomic E-state index is 9.61. The van der Waals surface area contributed by atoms with Gasteiger partial charge in [0.1, 0.15) is 0 Å². The van der Waals surface area contributed by atoms with Gasteiger partial charge in [0.05, 0.1) is 12.7 Å². The Kier molecular flexibility index (Phi) is 7.79. The number of rotatable bonds is 6. The van der Waals surface area contributed by atoms with Crippen LogP contribution in [0.3, 0.4) is 0 Å². The van der Waals surface area contributed by atoms with E-state index in [1.165, 1.54) is 0 Å². The molecule has 0 saturated heterocycles. The minimum Gasteiger partial charge on any atom is -0.410 e. The molecule has 0 saturated carbocycles. The van der Waals surface area contributed by atoms with Crippen molar-refractivity contribution >= 4 is 8.32 Å². The SMILES string of the molecule is CC(C)[Si](OC1/C=C(/CO)CCN(C)CC1)(C(C)C)C(C)C. The topological polar surface area (TPSA) is 32.7 Å². The van der Waals surface area contributed by atoms with Gasteiger partial charge in [-0.1, -0.05) is 47.6 Å². The molecule has 0 aromatic heterocycles. The average molecular weight is 328 g/mol. The number of nitrogens with zero attached hydrogens (tertiary/aromatic N) is 1. The molecule has 0 amide bonds. The maximum absolute atomic E-state index is 9.61. The lowest BCUT2D eigenvalue weighted by molar-refractivity contribution is 0.177. The monoisotopic (exact) mass is 327 g/mol. The van der Waals surface area contributed by atoms with E-state index in [-0.39, 0.29) is 12.7 Å². The molecule has 1 heterocycles. The van der Waals surface area contributed by atoms with E-state index in [2.05, 4.69) is 59.6 Å². The molecule has 130 valence electrons. The fourth-order valence-corrected chi connectivity index (χ4v) is 9.65. The summed E-state index contributed by atoms with van der Waals surface area (Å²) < 4.78 is 6.90. The molecule has 1 aliphatic heterocycles. The van der Waals surface area contributed by atoms with Gasteiger partial charge in [-0.25, -0.2) is 0 Å². The van der Waals surface area contributed by atoms with Gasteiger partial charge < -0.3 is 14.4 Å². The molecule has 4 heteroatoms. The Hall–Kier alpha value is -0.163. The summed E-state index contributed by atoms with van der Waals surface area (Å²) in [5.74, 6) is 0. The van der Waals surface area contributed by atoms with E-state index in [0.29, 0.717) is 16.6 Å². The van der Waals surface area contributed by atoms with Gasteiger partial charge in [-0.15, -0.1) is 0 Å². The first-order valence-electron chi connectivity index (χ1n) is 8.90. The predicted octanol–water partition coefficient (Wildman–Crippen LogP) is 4.19. The lowest BCUT2D eigenvalue weighted by Crippen LogP contribution is -2.50. The molecule has 0 radical (unpaired) electrons. The van der Waals surface area contributed by atoms with E-state index in [1.807, 2.05) is 0 Å². The standard InChI is InChI=1S/C18H37NO2Si/c1-14(2)22(15(3)4,16(5)6)21-18-9-11-19(7)10-8-17(12-18)13-20/h12,14-16,18,20H,8-11,13H2,1-7H3/b17-12+. The molecule has 0 aliphatic carbocycles. The highest BCUT2D eigenvalue weighted by atomic mass is 28.4. The van der Waals surface area contributed by atoms with Crippen LogP contribution in [-0.2, 0) is 4.43 Å². The third-order valence-corrected chi connectivity index (χ3v) is 11.4. The highest BCUT2D eigenvalue weighted by Crippen LogP contribution is 2.43. The van der Waals surface area contributed by atoms with Gasteiger partial charge in [0.25, 0.3) is 0 Å².